The van der Waals surface area contributed by atoms with Crippen molar-refractivity contribution in [1.29, 1.82) is 0 Å². The topological polar surface area (TPSA) is 51.7 Å². The molecule has 1 saturated heterocycles. The fraction of sp³-hybridized carbons (Fsp3) is 0.455. The smallest absolute Gasteiger partial charge is 0.317 e. The third-order valence-electron chi connectivity index (χ3n) is 5.19. The first-order chi connectivity index (χ1) is 14.0. The zero-order valence-electron chi connectivity index (χ0n) is 17.2. The molecule has 6 nitrogen and oxygen atoms in total. The van der Waals surface area contributed by atoms with E-state index in [9.17, 15) is 9.18 Å². The first kappa shape index (κ1) is 21.0. The summed E-state index contributed by atoms with van der Waals surface area (Å²) in [4.78, 5) is 23.5. The molecule has 0 saturated carbocycles. The number of urea groups is 1. The summed E-state index contributed by atoms with van der Waals surface area (Å²) in [6.07, 6.45) is 3.59. The summed E-state index contributed by atoms with van der Waals surface area (Å²) < 4.78 is 13.2. The van der Waals surface area contributed by atoms with Crippen LogP contribution in [0.3, 0.4) is 0 Å². The van der Waals surface area contributed by atoms with Gasteiger partial charge in [0, 0.05) is 45.0 Å². The molecule has 1 aliphatic rings. The van der Waals surface area contributed by atoms with Gasteiger partial charge in [0.15, 0.2) is 0 Å². The zero-order chi connectivity index (χ0) is 20.6. The van der Waals surface area contributed by atoms with Crippen LogP contribution in [0.5, 0.6) is 0 Å². The van der Waals surface area contributed by atoms with E-state index < -0.39 is 0 Å². The summed E-state index contributed by atoms with van der Waals surface area (Å²) in [5.41, 5.74) is 0.922. The van der Waals surface area contributed by atoms with Crippen molar-refractivity contribution in [1.82, 2.24) is 20.1 Å². The molecular weight excluding hydrogens is 369 g/mol. The van der Waals surface area contributed by atoms with Crippen LogP contribution in [-0.4, -0.2) is 67.1 Å². The van der Waals surface area contributed by atoms with Crippen LogP contribution in [-0.2, 0) is 6.54 Å². The largest absolute Gasteiger partial charge is 0.356 e. The maximum Gasteiger partial charge on any atom is 0.317 e. The van der Waals surface area contributed by atoms with Gasteiger partial charge in [-0.15, -0.1) is 0 Å². The van der Waals surface area contributed by atoms with E-state index in [1.807, 2.05) is 32.3 Å². The van der Waals surface area contributed by atoms with E-state index in [-0.39, 0.29) is 17.9 Å². The van der Waals surface area contributed by atoms with Crippen molar-refractivity contribution in [3.63, 3.8) is 0 Å². The van der Waals surface area contributed by atoms with Gasteiger partial charge in [0.25, 0.3) is 0 Å². The van der Waals surface area contributed by atoms with E-state index in [0.717, 1.165) is 43.9 Å². The van der Waals surface area contributed by atoms with Crippen molar-refractivity contribution >= 4 is 11.8 Å². The molecule has 1 N–H and O–H groups in total. The number of halogens is 1. The number of nitrogens with zero attached hydrogens (tertiary/aromatic N) is 4. The van der Waals surface area contributed by atoms with Crippen LogP contribution in [0.1, 0.15) is 18.4 Å². The highest BCUT2D eigenvalue weighted by Gasteiger charge is 2.23. The van der Waals surface area contributed by atoms with Crippen LogP contribution >= 0.6 is 0 Å². The number of benzene rings is 1. The Labute approximate surface area is 172 Å². The van der Waals surface area contributed by atoms with Gasteiger partial charge in [-0.1, -0.05) is 18.2 Å². The van der Waals surface area contributed by atoms with Gasteiger partial charge in [-0.05, 0) is 56.8 Å². The maximum atomic E-state index is 13.2. The minimum Gasteiger partial charge on any atom is -0.356 e. The molecule has 0 spiro atoms. The monoisotopic (exact) mass is 399 g/mol. The number of carbonyl (C=O) groups excluding carboxylic acids is 1. The van der Waals surface area contributed by atoms with Crippen molar-refractivity contribution in [3.8, 4) is 0 Å². The Morgan fingerprint density at radius 2 is 1.86 bits per heavy atom. The summed E-state index contributed by atoms with van der Waals surface area (Å²) in [5.74, 6) is 0.721. The first-order valence-corrected chi connectivity index (χ1v) is 10.1. The minimum atomic E-state index is -0.266. The SMILES string of the molecule is CN(C)CCN(Cc1ccc(F)cc1)C(=O)NC1CCN(c2ccccn2)CC1. The third kappa shape index (κ3) is 6.42. The molecule has 7 heteroatoms. The number of aromatic nitrogens is 1. The lowest BCUT2D eigenvalue weighted by Crippen LogP contribution is -2.50. The molecule has 1 aromatic carbocycles. The van der Waals surface area contributed by atoms with Crippen molar-refractivity contribution in [2.24, 2.45) is 0 Å². The van der Waals surface area contributed by atoms with Gasteiger partial charge in [0.1, 0.15) is 11.6 Å². The number of nitrogens with one attached hydrogen (secondary N) is 1. The van der Waals surface area contributed by atoms with E-state index in [4.69, 9.17) is 0 Å². The molecule has 3 rings (SSSR count). The molecule has 1 aliphatic heterocycles. The predicted octanol–water partition coefficient (Wildman–Crippen LogP) is 2.96. The van der Waals surface area contributed by atoms with Crippen LogP contribution < -0.4 is 10.2 Å². The first-order valence-electron chi connectivity index (χ1n) is 10.1. The number of piperidine rings is 1. The Bertz CT molecular complexity index is 761. The van der Waals surface area contributed by atoms with Gasteiger partial charge in [-0.2, -0.15) is 0 Å². The van der Waals surface area contributed by atoms with Crippen LogP contribution in [0.15, 0.2) is 48.7 Å². The lowest BCUT2D eigenvalue weighted by atomic mass is 10.1. The Morgan fingerprint density at radius 1 is 1.14 bits per heavy atom. The molecule has 0 atom stereocenters. The fourth-order valence-corrected chi connectivity index (χ4v) is 3.44. The zero-order valence-corrected chi connectivity index (χ0v) is 17.2. The lowest BCUT2D eigenvalue weighted by molar-refractivity contribution is 0.182. The lowest BCUT2D eigenvalue weighted by Gasteiger charge is -2.34. The standard InChI is InChI=1S/C22H30FN5O/c1-26(2)15-16-28(17-18-6-8-19(23)9-7-18)22(29)25-20-10-13-27(14-11-20)21-5-3-4-12-24-21/h3-9,12,20H,10-11,13-17H2,1-2H3,(H,25,29). The normalized spacial score (nSPS) is 14.8. The molecule has 29 heavy (non-hydrogen) atoms. The molecule has 0 radical (unpaired) electrons. The van der Waals surface area contributed by atoms with Gasteiger partial charge in [-0.3, -0.25) is 0 Å². The number of likely N-dealkylation sites (N-methyl/N-ethyl adjacent to an activating group) is 1. The number of carbonyl (C=O) groups is 1. The van der Waals surface area contributed by atoms with Crippen LogP contribution in [0.25, 0.3) is 0 Å². The van der Waals surface area contributed by atoms with Gasteiger partial charge in [0.05, 0.1) is 0 Å². The van der Waals surface area contributed by atoms with Crippen molar-refractivity contribution in [2.75, 3.05) is 45.2 Å². The van der Waals surface area contributed by atoms with E-state index in [2.05, 4.69) is 20.1 Å². The summed E-state index contributed by atoms with van der Waals surface area (Å²) in [6, 6.07) is 12.4. The van der Waals surface area contributed by atoms with Gasteiger partial charge in [0.2, 0.25) is 0 Å². The highest BCUT2D eigenvalue weighted by Crippen LogP contribution is 2.17. The van der Waals surface area contributed by atoms with Crippen LogP contribution in [0.4, 0.5) is 15.0 Å². The average Bonchev–Trinajstić information content (AvgIpc) is 2.73. The molecule has 1 aromatic heterocycles. The number of amides is 2. The molecule has 156 valence electrons. The van der Waals surface area contributed by atoms with Gasteiger partial charge < -0.3 is 20.0 Å². The molecule has 1 fully saturated rings. The quantitative estimate of drug-likeness (QED) is 0.778. The Morgan fingerprint density at radius 3 is 2.48 bits per heavy atom. The second-order valence-electron chi connectivity index (χ2n) is 7.75. The molecular formula is C22H30FN5O. The molecule has 2 heterocycles. The second-order valence-corrected chi connectivity index (χ2v) is 7.75. The molecule has 2 aromatic rings. The number of rotatable bonds is 7. The van der Waals surface area contributed by atoms with Gasteiger partial charge in [-0.25, -0.2) is 14.2 Å². The summed E-state index contributed by atoms with van der Waals surface area (Å²) in [5, 5.41) is 3.19. The van der Waals surface area contributed by atoms with Crippen molar-refractivity contribution in [3.05, 3.63) is 60.0 Å². The number of hydrogen-bond acceptors (Lipinski definition) is 4. The van der Waals surface area contributed by atoms with Crippen molar-refractivity contribution < 1.29 is 9.18 Å². The van der Waals surface area contributed by atoms with E-state index in [0.29, 0.717) is 13.1 Å². The van der Waals surface area contributed by atoms with E-state index in [1.165, 1.54) is 12.1 Å². The highest BCUT2D eigenvalue weighted by atomic mass is 19.1. The maximum absolute atomic E-state index is 13.2. The highest BCUT2D eigenvalue weighted by molar-refractivity contribution is 5.74. The third-order valence-corrected chi connectivity index (χ3v) is 5.19. The van der Waals surface area contributed by atoms with E-state index in [1.54, 1.807) is 23.2 Å². The minimum absolute atomic E-state index is 0.0625. The predicted molar refractivity (Wildman–Crippen MR) is 113 cm³/mol. The molecule has 0 unspecified atom stereocenters. The Balaban J connectivity index is 1.55. The van der Waals surface area contributed by atoms with Gasteiger partial charge >= 0.3 is 6.03 Å². The van der Waals surface area contributed by atoms with Crippen molar-refractivity contribution in [2.45, 2.75) is 25.4 Å². The Kier molecular flexibility index (Phi) is 7.41. The number of pyridine rings is 1. The van der Waals surface area contributed by atoms with Crippen LogP contribution in [0.2, 0.25) is 0 Å². The number of hydrogen-bond donors (Lipinski definition) is 1. The second kappa shape index (κ2) is 10.2. The van der Waals surface area contributed by atoms with Crippen LogP contribution in [0, 0.1) is 5.82 Å². The molecule has 0 bridgehead atoms. The fourth-order valence-electron chi connectivity index (χ4n) is 3.44. The Hall–Kier alpha value is -2.67. The van der Waals surface area contributed by atoms with E-state index >= 15 is 0 Å². The molecule has 2 amide bonds. The summed E-state index contributed by atoms with van der Waals surface area (Å²) in [7, 11) is 3.97. The summed E-state index contributed by atoms with van der Waals surface area (Å²) >= 11 is 0. The summed E-state index contributed by atoms with van der Waals surface area (Å²) in [6.45, 7) is 3.59. The number of anilines is 1. The average molecular weight is 400 g/mol. The molecule has 0 aliphatic carbocycles.